The molecule has 1 amide bonds. The number of rotatable bonds is 4. The Balaban J connectivity index is 2.08. The molecule has 1 saturated heterocycles. The third kappa shape index (κ3) is 4.25. The maximum absolute atomic E-state index is 12.7. The number of amides is 1. The van der Waals surface area contributed by atoms with E-state index in [1.165, 1.54) is 5.56 Å². The van der Waals surface area contributed by atoms with Crippen molar-refractivity contribution in [2.45, 2.75) is 71.6 Å². The Bertz CT molecular complexity index is 556. The summed E-state index contributed by atoms with van der Waals surface area (Å²) in [5.41, 5.74) is 8.27. The van der Waals surface area contributed by atoms with Gasteiger partial charge in [-0.25, -0.2) is 0 Å². The van der Waals surface area contributed by atoms with E-state index in [1.807, 2.05) is 18.7 Å². The largest absolute Gasteiger partial charge is 0.481 e. The monoisotopic (exact) mass is 318 g/mol. The van der Waals surface area contributed by atoms with Crippen molar-refractivity contribution >= 4 is 5.91 Å². The second-order valence-corrected chi connectivity index (χ2v) is 7.10. The lowest BCUT2D eigenvalue weighted by atomic mass is 9.98. The van der Waals surface area contributed by atoms with Gasteiger partial charge in [0.15, 0.2) is 6.10 Å². The molecule has 0 aliphatic carbocycles. The summed E-state index contributed by atoms with van der Waals surface area (Å²) in [6, 6.07) is 6.62. The van der Waals surface area contributed by atoms with Gasteiger partial charge in [0.25, 0.3) is 5.91 Å². The minimum absolute atomic E-state index is 0.0544. The Morgan fingerprint density at radius 3 is 2.65 bits per heavy atom. The number of carbonyl (C=O) groups is 1. The van der Waals surface area contributed by atoms with Crippen molar-refractivity contribution in [1.29, 1.82) is 0 Å². The van der Waals surface area contributed by atoms with Crippen LogP contribution < -0.4 is 10.5 Å². The quantitative estimate of drug-likeness (QED) is 0.927. The Labute approximate surface area is 140 Å². The van der Waals surface area contributed by atoms with Gasteiger partial charge < -0.3 is 15.4 Å². The Morgan fingerprint density at radius 2 is 2.04 bits per heavy atom. The fourth-order valence-electron chi connectivity index (χ4n) is 3.11. The lowest BCUT2D eigenvalue weighted by Crippen LogP contribution is -2.52. The number of hydrogen-bond donors (Lipinski definition) is 1. The fraction of sp³-hybridized carbons (Fsp3) is 0.632. The highest BCUT2D eigenvalue weighted by Crippen LogP contribution is 2.26. The third-order valence-corrected chi connectivity index (χ3v) is 4.73. The molecule has 1 aromatic carbocycles. The van der Waals surface area contributed by atoms with E-state index in [1.54, 1.807) is 0 Å². The van der Waals surface area contributed by atoms with Gasteiger partial charge in [-0.1, -0.05) is 26.0 Å². The molecule has 0 bridgehead atoms. The van der Waals surface area contributed by atoms with Gasteiger partial charge in [0.05, 0.1) is 0 Å². The minimum Gasteiger partial charge on any atom is -0.481 e. The zero-order valence-corrected chi connectivity index (χ0v) is 15.0. The number of piperidine rings is 1. The number of likely N-dealkylation sites (tertiary alicyclic amines) is 1. The predicted molar refractivity (Wildman–Crippen MR) is 93.7 cm³/mol. The van der Waals surface area contributed by atoms with Crippen molar-refractivity contribution in [1.82, 2.24) is 4.90 Å². The van der Waals surface area contributed by atoms with Crippen LogP contribution in [0.25, 0.3) is 0 Å². The molecule has 0 aromatic heterocycles. The van der Waals surface area contributed by atoms with Gasteiger partial charge >= 0.3 is 0 Å². The van der Waals surface area contributed by atoms with Crippen molar-refractivity contribution in [2.75, 3.05) is 6.54 Å². The molecule has 2 rings (SSSR count). The van der Waals surface area contributed by atoms with Crippen LogP contribution in [0.3, 0.4) is 0 Å². The smallest absolute Gasteiger partial charge is 0.263 e. The minimum atomic E-state index is -0.479. The molecule has 1 aliphatic rings. The Hall–Kier alpha value is -1.55. The van der Waals surface area contributed by atoms with E-state index in [0.29, 0.717) is 5.92 Å². The lowest BCUT2D eigenvalue weighted by molar-refractivity contribution is -0.141. The number of nitrogens with two attached hydrogens (primary N) is 1. The van der Waals surface area contributed by atoms with E-state index >= 15 is 0 Å². The van der Waals surface area contributed by atoms with Gasteiger partial charge in [-0.2, -0.15) is 0 Å². The number of aryl methyl sites for hydroxylation is 1. The maximum atomic E-state index is 12.7. The molecule has 2 N–H and O–H groups in total. The van der Waals surface area contributed by atoms with Crippen molar-refractivity contribution in [3.63, 3.8) is 0 Å². The fourth-order valence-corrected chi connectivity index (χ4v) is 3.11. The molecule has 0 radical (unpaired) electrons. The molecule has 0 spiro atoms. The molecule has 1 fully saturated rings. The van der Waals surface area contributed by atoms with Crippen LogP contribution in [0.15, 0.2) is 18.2 Å². The van der Waals surface area contributed by atoms with E-state index in [9.17, 15) is 4.79 Å². The molecule has 1 heterocycles. The SMILES string of the molecule is Cc1ccc(C(C)C)cc1O[C@H](C)C(=O)N1CC[C@@H](N)C[C@H]1C. The van der Waals surface area contributed by atoms with Crippen LogP contribution in [-0.4, -0.2) is 35.5 Å². The van der Waals surface area contributed by atoms with Gasteiger partial charge in [0, 0.05) is 18.6 Å². The first kappa shape index (κ1) is 17.8. The molecular formula is C19H30N2O2. The summed E-state index contributed by atoms with van der Waals surface area (Å²) in [6.45, 7) is 10.9. The standard InChI is InChI=1S/C19H30N2O2/c1-12(2)16-7-6-13(3)18(11-16)23-15(5)19(22)21-9-8-17(20)10-14(21)4/h6-7,11-12,14-15,17H,8-10,20H2,1-5H3/t14-,15-,17-/m1/s1. The highest BCUT2D eigenvalue weighted by Gasteiger charge is 2.30. The second-order valence-electron chi connectivity index (χ2n) is 7.10. The topological polar surface area (TPSA) is 55.6 Å². The van der Waals surface area contributed by atoms with E-state index in [0.717, 1.165) is 30.7 Å². The van der Waals surface area contributed by atoms with Gasteiger partial charge in [0.2, 0.25) is 0 Å². The van der Waals surface area contributed by atoms with Crippen LogP contribution in [0.4, 0.5) is 0 Å². The zero-order chi connectivity index (χ0) is 17.1. The Kier molecular flexibility index (Phi) is 5.69. The molecule has 3 atom stereocenters. The first-order valence-corrected chi connectivity index (χ1v) is 8.62. The van der Waals surface area contributed by atoms with Crippen LogP contribution >= 0.6 is 0 Å². The summed E-state index contributed by atoms with van der Waals surface area (Å²) in [5, 5.41) is 0. The normalized spacial score (nSPS) is 23.0. The lowest BCUT2D eigenvalue weighted by Gasteiger charge is -2.37. The van der Waals surface area contributed by atoms with E-state index in [2.05, 4.69) is 39.0 Å². The summed E-state index contributed by atoms with van der Waals surface area (Å²) in [5.74, 6) is 1.30. The molecular weight excluding hydrogens is 288 g/mol. The number of nitrogens with zero attached hydrogens (tertiary/aromatic N) is 1. The summed E-state index contributed by atoms with van der Waals surface area (Å²) in [7, 11) is 0. The molecule has 4 heteroatoms. The van der Waals surface area contributed by atoms with Crippen molar-refractivity contribution in [3.05, 3.63) is 29.3 Å². The average Bonchev–Trinajstić information content (AvgIpc) is 2.48. The predicted octanol–water partition coefficient (Wildman–Crippen LogP) is 3.22. The summed E-state index contributed by atoms with van der Waals surface area (Å²) < 4.78 is 6.00. The first-order valence-electron chi connectivity index (χ1n) is 8.62. The molecule has 1 aliphatic heterocycles. The molecule has 128 valence electrons. The summed E-state index contributed by atoms with van der Waals surface area (Å²) in [4.78, 5) is 14.6. The molecule has 1 aromatic rings. The number of benzene rings is 1. The summed E-state index contributed by atoms with van der Waals surface area (Å²) in [6.07, 6.45) is 1.25. The number of carbonyl (C=O) groups excluding carboxylic acids is 1. The van der Waals surface area contributed by atoms with Gasteiger partial charge in [-0.15, -0.1) is 0 Å². The number of ether oxygens (including phenoxy) is 1. The molecule has 0 saturated carbocycles. The third-order valence-electron chi connectivity index (χ3n) is 4.73. The zero-order valence-electron chi connectivity index (χ0n) is 15.0. The van der Waals surface area contributed by atoms with Crippen molar-refractivity contribution in [3.8, 4) is 5.75 Å². The van der Waals surface area contributed by atoms with Crippen LogP contribution in [0.5, 0.6) is 5.75 Å². The Morgan fingerprint density at radius 1 is 1.35 bits per heavy atom. The van der Waals surface area contributed by atoms with Crippen LogP contribution in [0.2, 0.25) is 0 Å². The molecule has 23 heavy (non-hydrogen) atoms. The first-order chi connectivity index (χ1) is 10.8. The van der Waals surface area contributed by atoms with Crippen LogP contribution in [0, 0.1) is 6.92 Å². The van der Waals surface area contributed by atoms with Crippen molar-refractivity contribution < 1.29 is 9.53 Å². The van der Waals surface area contributed by atoms with Gasteiger partial charge in [-0.05, 0) is 56.7 Å². The van der Waals surface area contributed by atoms with E-state index in [4.69, 9.17) is 10.5 Å². The van der Waals surface area contributed by atoms with Gasteiger partial charge in [0.1, 0.15) is 5.75 Å². The highest BCUT2D eigenvalue weighted by atomic mass is 16.5. The molecule has 0 unspecified atom stereocenters. The molecule has 4 nitrogen and oxygen atoms in total. The second kappa shape index (κ2) is 7.35. The van der Waals surface area contributed by atoms with Crippen molar-refractivity contribution in [2.24, 2.45) is 5.73 Å². The van der Waals surface area contributed by atoms with Gasteiger partial charge in [-0.3, -0.25) is 4.79 Å². The number of hydrogen-bond acceptors (Lipinski definition) is 3. The maximum Gasteiger partial charge on any atom is 0.263 e. The van der Waals surface area contributed by atoms with E-state index in [-0.39, 0.29) is 18.0 Å². The van der Waals surface area contributed by atoms with Crippen LogP contribution in [-0.2, 0) is 4.79 Å². The summed E-state index contributed by atoms with van der Waals surface area (Å²) >= 11 is 0. The highest BCUT2D eigenvalue weighted by molar-refractivity contribution is 5.81. The van der Waals surface area contributed by atoms with Crippen LogP contribution in [0.1, 0.15) is 57.6 Å². The average molecular weight is 318 g/mol. The van der Waals surface area contributed by atoms with E-state index < -0.39 is 6.10 Å².